The van der Waals surface area contributed by atoms with Crippen molar-refractivity contribution in [2.24, 2.45) is 5.14 Å². The topological polar surface area (TPSA) is 116 Å². The molecule has 0 unspecified atom stereocenters. The van der Waals surface area contributed by atoms with Gasteiger partial charge >= 0.3 is 0 Å². The number of methoxy groups -OCH3 is 1. The molecule has 0 aliphatic carbocycles. The molecule has 0 saturated heterocycles. The quantitative estimate of drug-likeness (QED) is 0.670. The Balaban J connectivity index is 1.90. The maximum atomic E-state index is 13.1. The number of aryl methyl sites for hydroxylation is 1. The van der Waals surface area contributed by atoms with Gasteiger partial charge in [-0.1, -0.05) is 0 Å². The molecule has 0 radical (unpaired) electrons. The normalized spacial score (nSPS) is 14.2. The van der Waals surface area contributed by atoms with Gasteiger partial charge in [0.2, 0.25) is 10.0 Å². The molecule has 0 bridgehead atoms. The van der Waals surface area contributed by atoms with E-state index >= 15 is 0 Å². The number of rotatable bonds is 7. The van der Waals surface area contributed by atoms with Crippen LogP contribution < -0.4 is 14.2 Å². The Hall–Kier alpha value is -2.14. The Morgan fingerprint density at radius 1 is 1.04 bits per heavy atom. The fourth-order valence-corrected chi connectivity index (χ4v) is 5.23. The molecule has 0 fully saturated rings. The summed E-state index contributed by atoms with van der Waals surface area (Å²) < 4.78 is 61.1. The lowest BCUT2D eigenvalue weighted by atomic mass is 10.2. The van der Waals surface area contributed by atoms with E-state index < -0.39 is 20.0 Å². The van der Waals surface area contributed by atoms with E-state index in [1.165, 1.54) is 28.6 Å². The van der Waals surface area contributed by atoms with Gasteiger partial charge in [-0.3, -0.25) is 4.31 Å². The average Bonchev–Trinajstić information content (AvgIpc) is 3.06. The molecular formula is C18H22N2O6S2. The largest absolute Gasteiger partial charge is 0.491 e. The fourth-order valence-electron chi connectivity index (χ4n) is 3.08. The zero-order chi connectivity index (χ0) is 20.5. The van der Waals surface area contributed by atoms with Gasteiger partial charge in [0.25, 0.3) is 10.0 Å². The molecule has 0 atom stereocenters. The maximum Gasteiger partial charge on any atom is 0.264 e. The number of nitrogens with two attached hydrogens (primary N) is 1. The van der Waals surface area contributed by atoms with E-state index in [-0.39, 0.29) is 16.3 Å². The number of nitrogens with zero attached hydrogens (tertiary/aromatic N) is 1. The van der Waals surface area contributed by atoms with Crippen molar-refractivity contribution in [2.75, 3.05) is 31.2 Å². The Morgan fingerprint density at radius 3 is 2.39 bits per heavy atom. The Kier molecular flexibility index (Phi) is 5.67. The van der Waals surface area contributed by atoms with Crippen LogP contribution in [0.1, 0.15) is 11.1 Å². The number of ether oxygens (including phenoxy) is 2. The molecule has 1 heterocycles. The summed E-state index contributed by atoms with van der Waals surface area (Å²) in [6.07, 6.45) is 0.412. The lowest BCUT2D eigenvalue weighted by Crippen LogP contribution is -2.29. The summed E-state index contributed by atoms with van der Waals surface area (Å²) in [5.74, 6) is 0.593. The summed E-state index contributed by atoms with van der Waals surface area (Å²) in [6.45, 7) is 2.81. The third kappa shape index (κ3) is 4.00. The summed E-state index contributed by atoms with van der Waals surface area (Å²) in [5.41, 5.74) is 1.79. The third-order valence-corrected chi connectivity index (χ3v) is 7.23. The number of hydrogen-bond acceptors (Lipinski definition) is 6. The molecule has 0 saturated carbocycles. The Morgan fingerprint density at radius 2 is 1.75 bits per heavy atom. The minimum Gasteiger partial charge on any atom is -0.491 e. The third-order valence-electron chi connectivity index (χ3n) is 4.51. The Labute approximate surface area is 165 Å². The lowest BCUT2D eigenvalue weighted by Gasteiger charge is -2.20. The molecule has 8 nitrogen and oxygen atoms in total. The first-order valence-electron chi connectivity index (χ1n) is 8.55. The van der Waals surface area contributed by atoms with E-state index in [1.807, 2.05) is 0 Å². The minimum absolute atomic E-state index is 0.0288. The van der Waals surface area contributed by atoms with Crippen molar-refractivity contribution in [3.8, 4) is 5.75 Å². The highest BCUT2D eigenvalue weighted by Gasteiger charge is 2.32. The van der Waals surface area contributed by atoms with E-state index in [4.69, 9.17) is 14.6 Å². The summed E-state index contributed by atoms with van der Waals surface area (Å²) in [7, 11) is -6.06. The van der Waals surface area contributed by atoms with Crippen LogP contribution in [0.3, 0.4) is 0 Å². The molecule has 1 aliphatic rings. The van der Waals surface area contributed by atoms with Crippen LogP contribution in [0.2, 0.25) is 0 Å². The number of primary sulfonamides is 1. The highest BCUT2D eigenvalue weighted by atomic mass is 32.2. The molecule has 28 heavy (non-hydrogen) atoms. The predicted molar refractivity (Wildman–Crippen MR) is 105 cm³/mol. The highest BCUT2D eigenvalue weighted by molar-refractivity contribution is 7.92. The first-order valence-corrected chi connectivity index (χ1v) is 11.5. The van der Waals surface area contributed by atoms with Crippen molar-refractivity contribution in [3.05, 3.63) is 47.5 Å². The standard InChI is InChI=1S/C18H22N2O6S2/c1-13-11-16(4-6-18(13)26-10-9-25-2)28(23,24)20-8-7-14-12-15(27(19,21)22)3-5-17(14)20/h3-6,11-12H,7-10H2,1-2H3,(H2,19,21,22). The second-order valence-corrected chi connectivity index (χ2v) is 9.85. The summed E-state index contributed by atoms with van der Waals surface area (Å²) in [6, 6.07) is 8.92. The fraction of sp³-hybridized carbons (Fsp3) is 0.333. The van der Waals surface area contributed by atoms with Crippen molar-refractivity contribution in [2.45, 2.75) is 23.1 Å². The van der Waals surface area contributed by atoms with Crippen molar-refractivity contribution in [1.29, 1.82) is 0 Å². The monoisotopic (exact) mass is 426 g/mol. The van der Waals surface area contributed by atoms with E-state index in [1.54, 1.807) is 26.2 Å². The van der Waals surface area contributed by atoms with Gasteiger partial charge < -0.3 is 9.47 Å². The molecule has 0 amide bonds. The SMILES string of the molecule is COCCOc1ccc(S(=O)(=O)N2CCc3cc(S(N)(=O)=O)ccc32)cc1C. The molecule has 0 spiro atoms. The number of fused-ring (bicyclic) bond motifs is 1. The molecule has 10 heteroatoms. The van der Waals surface area contributed by atoms with Crippen molar-refractivity contribution in [1.82, 2.24) is 0 Å². The van der Waals surface area contributed by atoms with Crippen LogP contribution in [-0.4, -0.2) is 43.7 Å². The average molecular weight is 427 g/mol. The minimum atomic E-state index is -3.84. The van der Waals surface area contributed by atoms with Crippen molar-refractivity contribution >= 4 is 25.7 Å². The van der Waals surface area contributed by atoms with Gasteiger partial charge in [0.15, 0.2) is 0 Å². The molecule has 0 aromatic heterocycles. The first-order chi connectivity index (χ1) is 13.1. The van der Waals surface area contributed by atoms with Crippen LogP contribution in [0.5, 0.6) is 5.75 Å². The van der Waals surface area contributed by atoms with Crippen LogP contribution in [0, 0.1) is 6.92 Å². The van der Waals surface area contributed by atoms with Crippen LogP contribution in [-0.2, 0) is 31.2 Å². The molecule has 2 aromatic rings. The smallest absolute Gasteiger partial charge is 0.264 e. The zero-order valence-electron chi connectivity index (χ0n) is 15.6. The summed E-state index contributed by atoms with van der Waals surface area (Å²) in [5, 5.41) is 5.16. The molecule has 3 rings (SSSR count). The molecule has 152 valence electrons. The van der Waals surface area contributed by atoms with Gasteiger partial charge in [0.1, 0.15) is 12.4 Å². The van der Waals surface area contributed by atoms with E-state index in [9.17, 15) is 16.8 Å². The van der Waals surface area contributed by atoms with Gasteiger partial charge in [-0.25, -0.2) is 22.0 Å². The predicted octanol–water partition coefficient (Wildman–Crippen LogP) is 1.42. The molecule has 2 aromatic carbocycles. The van der Waals surface area contributed by atoms with Crippen LogP contribution in [0.4, 0.5) is 5.69 Å². The highest BCUT2D eigenvalue weighted by Crippen LogP contribution is 2.35. The zero-order valence-corrected chi connectivity index (χ0v) is 17.2. The summed E-state index contributed by atoms with van der Waals surface area (Å²) in [4.78, 5) is 0.117. The van der Waals surface area contributed by atoms with Crippen LogP contribution >= 0.6 is 0 Å². The van der Waals surface area contributed by atoms with E-state index in [0.717, 1.165) is 0 Å². The Bertz CT molecular complexity index is 1100. The number of anilines is 1. The molecular weight excluding hydrogens is 404 g/mol. The van der Waals surface area contributed by atoms with Crippen molar-refractivity contribution in [3.63, 3.8) is 0 Å². The maximum absolute atomic E-state index is 13.1. The van der Waals surface area contributed by atoms with E-state index in [0.29, 0.717) is 42.2 Å². The second kappa shape index (κ2) is 7.70. The first kappa shape index (κ1) is 20.6. The molecule has 1 aliphatic heterocycles. The summed E-state index contributed by atoms with van der Waals surface area (Å²) >= 11 is 0. The van der Waals surface area contributed by atoms with Crippen molar-refractivity contribution < 1.29 is 26.3 Å². The van der Waals surface area contributed by atoms with Gasteiger partial charge in [-0.15, -0.1) is 0 Å². The van der Waals surface area contributed by atoms with Gasteiger partial charge in [0.05, 0.1) is 22.1 Å². The van der Waals surface area contributed by atoms with Gasteiger partial charge in [-0.2, -0.15) is 0 Å². The molecule has 2 N–H and O–H groups in total. The van der Waals surface area contributed by atoms with Crippen LogP contribution in [0.15, 0.2) is 46.2 Å². The van der Waals surface area contributed by atoms with Gasteiger partial charge in [-0.05, 0) is 60.9 Å². The second-order valence-electron chi connectivity index (χ2n) is 6.43. The number of benzene rings is 2. The number of sulfonamides is 2. The lowest BCUT2D eigenvalue weighted by molar-refractivity contribution is 0.146. The van der Waals surface area contributed by atoms with E-state index in [2.05, 4.69) is 0 Å². The number of hydrogen-bond donors (Lipinski definition) is 1. The van der Waals surface area contributed by atoms with Gasteiger partial charge in [0, 0.05) is 13.7 Å². The van der Waals surface area contributed by atoms with Crippen LogP contribution in [0.25, 0.3) is 0 Å².